The first-order valence-corrected chi connectivity index (χ1v) is 9.90. The van der Waals surface area contributed by atoms with Crippen molar-refractivity contribution in [2.45, 2.75) is 50.6 Å². The molecule has 1 aliphatic heterocycles. The van der Waals surface area contributed by atoms with Crippen molar-refractivity contribution in [2.75, 3.05) is 6.54 Å². The molecular formula is C22H26FN3O. The standard InChI is InChI=1S/C22H26FN3O/c23-17-8-3-7-16(13-17)20-10-4-9-18(25-20)14-21-19(24)11-12-26(21)22(27)15-5-1-2-6-15/h3-4,7-10,13,15,19,21H,1-2,5-6,11-12,14,24H2. The molecule has 2 N–H and O–H groups in total. The van der Waals surface area contributed by atoms with E-state index in [1.54, 1.807) is 6.07 Å². The van der Waals surface area contributed by atoms with Crippen LogP contribution in [0.3, 0.4) is 0 Å². The number of benzene rings is 1. The van der Waals surface area contributed by atoms with Gasteiger partial charge < -0.3 is 10.6 Å². The number of likely N-dealkylation sites (tertiary alicyclic amines) is 1. The Hall–Kier alpha value is -2.27. The van der Waals surface area contributed by atoms with Crippen molar-refractivity contribution in [1.29, 1.82) is 0 Å². The van der Waals surface area contributed by atoms with Gasteiger partial charge in [0.05, 0.1) is 11.7 Å². The summed E-state index contributed by atoms with van der Waals surface area (Å²) in [7, 11) is 0. The van der Waals surface area contributed by atoms with E-state index in [-0.39, 0.29) is 29.7 Å². The van der Waals surface area contributed by atoms with Crippen molar-refractivity contribution in [3.05, 3.63) is 54.0 Å². The maximum absolute atomic E-state index is 13.5. The molecule has 1 amide bonds. The Morgan fingerprint density at radius 1 is 1.15 bits per heavy atom. The molecule has 1 saturated heterocycles. The smallest absolute Gasteiger partial charge is 0.225 e. The lowest BCUT2D eigenvalue weighted by molar-refractivity contribution is -0.136. The highest BCUT2D eigenvalue weighted by Gasteiger charge is 2.38. The Labute approximate surface area is 159 Å². The number of carbonyl (C=O) groups excluding carboxylic acids is 1. The molecule has 2 aliphatic rings. The molecule has 0 spiro atoms. The van der Waals surface area contributed by atoms with Crippen LogP contribution in [0.25, 0.3) is 11.3 Å². The molecular weight excluding hydrogens is 341 g/mol. The molecule has 1 aliphatic carbocycles. The molecule has 4 rings (SSSR count). The molecule has 27 heavy (non-hydrogen) atoms. The number of carbonyl (C=O) groups is 1. The van der Waals surface area contributed by atoms with Crippen LogP contribution in [0.4, 0.5) is 4.39 Å². The summed E-state index contributed by atoms with van der Waals surface area (Å²) in [6, 6.07) is 12.2. The molecule has 2 unspecified atom stereocenters. The molecule has 0 radical (unpaired) electrons. The summed E-state index contributed by atoms with van der Waals surface area (Å²) in [6.07, 6.45) is 5.79. The van der Waals surface area contributed by atoms with Gasteiger partial charge in [-0.2, -0.15) is 0 Å². The van der Waals surface area contributed by atoms with Crippen LogP contribution in [0.5, 0.6) is 0 Å². The van der Waals surface area contributed by atoms with Gasteiger partial charge in [0.2, 0.25) is 5.91 Å². The Balaban J connectivity index is 1.53. The van der Waals surface area contributed by atoms with E-state index in [1.807, 2.05) is 29.2 Å². The second-order valence-corrected chi connectivity index (χ2v) is 7.76. The molecule has 4 nitrogen and oxygen atoms in total. The number of nitrogens with two attached hydrogens (primary N) is 1. The third-order valence-electron chi connectivity index (χ3n) is 5.93. The minimum absolute atomic E-state index is 0.00615. The summed E-state index contributed by atoms with van der Waals surface area (Å²) < 4.78 is 13.5. The molecule has 1 aromatic carbocycles. The first-order chi connectivity index (χ1) is 13.1. The summed E-state index contributed by atoms with van der Waals surface area (Å²) in [4.78, 5) is 19.6. The average molecular weight is 367 g/mol. The van der Waals surface area contributed by atoms with E-state index >= 15 is 0 Å². The van der Waals surface area contributed by atoms with Gasteiger partial charge in [0, 0.05) is 36.2 Å². The van der Waals surface area contributed by atoms with Gasteiger partial charge in [0.15, 0.2) is 0 Å². The van der Waals surface area contributed by atoms with Gasteiger partial charge in [-0.05, 0) is 43.5 Å². The quantitative estimate of drug-likeness (QED) is 0.899. The van der Waals surface area contributed by atoms with Gasteiger partial charge >= 0.3 is 0 Å². The number of halogens is 1. The topological polar surface area (TPSA) is 59.2 Å². The first-order valence-electron chi connectivity index (χ1n) is 9.90. The number of rotatable bonds is 4. The van der Waals surface area contributed by atoms with Crippen LogP contribution in [-0.2, 0) is 11.2 Å². The molecule has 2 atom stereocenters. The summed E-state index contributed by atoms with van der Waals surface area (Å²) >= 11 is 0. The Morgan fingerprint density at radius 2 is 1.93 bits per heavy atom. The normalized spacial score (nSPS) is 23.1. The summed E-state index contributed by atoms with van der Waals surface area (Å²) in [5.74, 6) is 0.168. The maximum atomic E-state index is 13.5. The highest BCUT2D eigenvalue weighted by molar-refractivity contribution is 5.80. The second-order valence-electron chi connectivity index (χ2n) is 7.76. The van der Waals surface area contributed by atoms with Crippen LogP contribution in [-0.4, -0.2) is 34.4 Å². The van der Waals surface area contributed by atoms with Crippen molar-refractivity contribution >= 4 is 5.91 Å². The van der Waals surface area contributed by atoms with Gasteiger partial charge in [-0.1, -0.05) is 31.0 Å². The van der Waals surface area contributed by atoms with Gasteiger partial charge in [-0.25, -0.2) is 4.39 Å². The summed E-state index contributed by atoms with van der Waals surface area (Å²) in [5, 5.41) is 0. The summed E-state index contributed by atoms with van der Waals surface area (Å²) in [6.45, 7) is 0.741. The summed E-state index contributed by atoms with van der Waals surface area (Å²) in [5.41, 5.74) is 8.74. The highest BCUT2D eigenvalue weighted by Crippen LogP contribution is 2.30. The zero-order valence-corrected chi connectivity index (χ0v) is 15.5. The zero-order chi connectivity index (χ0) is 18.8. The third-order valence-corrected chi connectivity index (χ3v) is 5.93. The van der Waals surface area contributed by atoms with Crippen LogP contribution in [0.15, 0.2) is 42.5 Å². The number of hydrogen-bond acceptors (Lipinski definition) is 3. The SMILES string of the molecule is NC1CCN(C(=O)C2CCCC2)C1Cc1cccc(-c2cccc(F)c2)n1. The Morgan fingerprint density at radius 3 is 2.70 bits per heavy atom. The second kappa shape index (κ2) is 7.77. The van der Waals surface area contributed by atoms with Crippen molar-refractivity contribution in [2.24, 2.45) is 11.7 Å². The number of aromatic nitrogens is 1. The zero-order valence-electron chi connectivity index (χ0n) is 15.5. The minimum atomic E-state index is -0.272. The predicted octanol–water partition coefficient (Wildman–Crippen LogP) is 3.55. The fourth-order valence-corrected chi connectivity index (χ4v) is 4.44. The van der Waals surface area contributed by atoms with Crippen LogP contribution in [0.1, 0.15) is 37.8 Å². The molecule has 0 bridgehead atoms. The van der Waals surface area contributed by atoms with E-state index in [0.717, 1.165) is 55.6 Å². The lowest BCUT2D eigenvalue weighted by Crippen LogP contribution is -2.46. The maximum Gasteiger partial charge on any atom is 0.225 e. The Kier molecular flexibility index (Phi) is 5.21. The molecule has 142 valence electrons. The van der Waals surface area contributed by atoms with E-state index in [1.165, 1.54) is 12.1 Å². The fraction of sp³-hybridized carbons (Fsp3) is 0.455. The lowest BCUT2D eigenvalue weighted by atomic mass is 10.0. The van der Waals surface area contributed by atoms with Crippen molar-refractivity contribution in [1.82, 2.24) is 9.88 Å². The fourth-order valence-electron chi connectivity index (χ4n) is 4.44. The molecule has 5 heteroatoms. The molecule has 1 saturated carbocycles. The minimum Gasteiger partial charge on any atom is -0.337 e. The van der Waals surface area contributed by atoms with E-state index in [4.69, 9.17) is 10.7 Å². The van der Waals surface area contributed by atoms with Gasteiger partial charge in [0.1, 0.15) is 5.82 Å². The third kappa shape index (κ3) is 3.88. The van der Waals surface area contributed by atoms with Crippen LogP contribution < -0.4 is 5.73 Å². The van der Waals surface area contributed by atoms with Gasteiger partial charge in [-0.15, -0.1) is 0 Å². The Bertz CT molecular complexity index is 819. The lowest BCUT2D eigenvalue weighted by Gasteiger charge is -2.29. The van der Waals surface area contributed by atoms with Gasteiger partial charge in [-0.3, -0.25) is 9.78 Å². The highest BCUT2D eigenvalue weighted by atomic mass is 19.1. The van der Waals surface area contributed by atoms with E-state index in [0.29, 0.717) is 6.42 Å². The molecule has 2 fully saturated rings. The monoisotopic (exact) mass is 367 g/mol. The van der Waals surface area contributed by atoms with Crippen molar-refractivity contribution in [3.8, 4) is 11.3 Å². The van der Waals surface area contributed by atoms with E-state index < -0.39 is 0 Å². The number of nitrogens with zero attached hydrogens (tertiary/aromatic N) is 2. The molecule has 2 heterocycles. The molecule has 1 aromatic heterocycles. The molecule has 2 aromatic rings. The van der Waals surface area contributed by atoms with Crippen LogP contribution >= 0.6 is 0 Å². The predicted molar refractivity (Wildman–Crippen MR) is 103 cm³/mol. The average Bonchev–Trinajstić information content (AvgIpc) is 3.33. The largest absolute Gasteiger partial charge is 0.337 e. The van der Waals surface area contributed by atoms with Crippen molar-refractivity contribution in [3.63, 3.8) is 0 Å². The first kappa shape index (κ1) is 18.1. The number of hydrogen-bond donors (Lipinski definition) is 1. The number of amides is 1. The number of pyridine rings is 1. The van der Waals surface area contributed by atoms with E-state index in [9.17, 15) is 9.18 Å². The van der Waals surface area contributed by atoms with Crippen LogP contribution in [0, 0.1) is 11.7 Å². The van der Waals surface area contributed by atoms with Crippen molar-refractivity contribution < 1.29 is 9.18 Å². The van der Waals surface area contributed by atoms with Gasteiger partial charge in [0.25, 0.3) is 0 Å². The van der Waals surface area contributed by atoms with Crippen LogP contribution in [0.2, 0.25) is 0 Å². The van der Waals surface area contributed by atoms with E-state index in [2.05, 4.69) is 0 Å².